The molecule has 0 atom stereocenters. The summed E-state index contributed by atoms with van der Waals surface area (Å²) in [5, 5.41) is 0. The van der Waals surface area contributed by atoms with Gasteiger partial charge in [0, 0.05) is 0 Å². The Kier molecular flexibility index (Phi) is 2.93. The second kappa shape index (κ2) is 4.01. The van der Waals surface area contributed by atoms with E-state index in [0.29, 0.717) is 5.56 Å². The summed E-state index contributed by atoms with van der Waals surface area (Å²) < 4.78 is 60.3. The molecule has 2 rings (SSSR count). The van der Waals surface area contributed by atoms with E-state index in [9.17, 15) is 21.6 Å². The van der Waals surface area contributed by atoms with Crippen molar-refractivity contribution < 1.29 is 21.6 Å². The molecule has 0 bridgehead atoms. The highest BCUT2D eigenvalue weighted by Gasteiger charge is 2.48. The molecule has 0 unspecified atom stereocenters. The van der Waals surface area contributed by atoms with Gasteiger partial charge in [-0.2, -0.15) is 13.2 Å². The molecule has 6 heteroatoms. The summed E-state index contributed by atoms with van der Waals surface area (Å²) in [6, 6.07) is 5.41. The SMILES string of the molecule is O=S(=O)(c1ccccc1C1CCC1)C(F)(F)F. The quantitative estimate of drug-likeness (QED) is 0.821. The topological polar surface area (TPSA) is 34.1 Å². The Labute approximate surface area is 97.4 Å². The molecular formula is C11H11F3O2S. The maximum atomic E-state index is 12.5. The molecule has 1 saturated carbocycles. The van der Waals surface area contributed by atoms with Crippen LogP contribution in [0.5, 0.6) is 0 Å². The average Bonchev–Trinajstić information content (AvgIpc) is 2.14. The highest BCUT2D eigenvalue weighted by atomic mass is 32.2. The number of alkyl halides is 3. The zero-order chi connectivity index (χ0) is 12.7. The first-order valence-electron chi connectivity index (χ1n) is 5.24. The Morgan fingerprint density at radius 2 is 1.71 bits per heavy atom. The molecule has 94 valence electrons. The standard InChI is InChI=1S/C11H11F3O2S/c12-11(13,14)17(15,16)10-7-2-1-6-9(10)8-4-3-5-8/h1-2,6-8H,3-5H2. The number of sulfone groups is 1. The van der Waals surface area contributed by atoms with Crippen molar-refractivity contribution >= 4 is 9.84 Å². The number of hydrogen-bond acceptors (Lipinski definition) is 2. The number of benzene rings is 1. The zero-order valence-corrected chi connectivity index (χ0v) is 9.68. The monoisotopic (exact) mass is 264 g/mol. The van der Waals surface area contributed by atoms with Crippen molar-refractivity contribution in [3.8, 4) is 0 Å². The Balaban J connectivity index is 2.52. The van der Waals surface area contributed by atoms with E-state index >= 15 is 0 Å². The van der Waals surface area contributed by atoms with Crippen LogP contribution in [-0.4, -0.2) is 13.9 Å². The van der Waals surface area contributed by atoms with Gasteiger partial charge in [0.15, 0.2) is 0 Å². The third kappa shape index (κ3) is 2.06. The second-order valence-corrected chi connectivity index (χ2v) is 6.02. The smallest absolute Gasteiger partial charge is 0.214 e. The van der Waals surface area contributed by atoms with Crippen LogP contribution in [0.2, 0.25) is 0 Å². The predicted octanol–water partition coefficient (Wildman–Crippen LogP) is 3.25. The Hall–Kier alpha value is -1.04. The summed E-state index contributed by atoms with van der Waals surface area (Å²) in [6.45, 7) is 0. The van der Waals surface area contributed by atoms with Crippen LogP contribution in [0.1, 0.15) is 30.7 Å². The first kappa shape index (κ1) is 12.4. The Morgan fingerprint density at radius 3 is 2.18 bits per heavy atom. The Morgan fingerprint density at radius 1 is 1.12 bits per heavy atom. The highest BCUT2D eigenvalue weighted by molar-refractivity contribution is 7.92. The van der Waals surface area contributed by atoms with Gasteiger partial charge < -0.3 is 0 Å². The molecule has 0 aliphatic heterocycles. The maximum absolute atomic E-state index is 12.5. The largest absolute Gasteiger partial charge is 0.501 e. The maximum Gasteiger partial charge on any atom is 0.501 e. The van der Waals surface area contributed by atoms with Crippen LogP contribution >= 0.6 is 0 Å². The molecule has 0 heterocycles. The lowest BCUT2D eigenvalue weighted by atomic mass is 9.80. The summed E-state index contributed by atoms with van der Waals surface area (Å²) in [7, 11) is -5.23. The van der Waals surface area contributed by atoms with Gasteiger partial charge in [-0.25, -0.2) is 8.42 Å². The lowest BCUT2D eigenvalue weighted by Gasteiger charge is -2.27. The van der Waals surface area contributed by atoms with Crippen LogP contribution in [0.25, 0.3) is 0 Å². The van der Waals surface area contributed by atoms with Crippen molar-refractivity contribution in [2.24, 2.45) is 0 Å². The first-order chi connectivity index (χ1) is 7.84. The van der Waals surface area contributed by atoms with Gasteiger partial charge in [0.1, 0.15) is 0 Å². The number of rotatable bonds is 2. The van der Waals surface area contributed by atoms with Gasteiger partial charge in [0.25, 0.3) is 9.84 Å². The molecule has 1 aromatic carbocycles. The lowest BCUT2D eigenvalue weighted by molar-refractivity contribution is -0.0436. The van der Waals surface area contributed by atoms with E-state index in [0.717, 1.165) is 25.3 Å². The summed E-state index contributed by atoms with van der Waals surface area (Å²) in [6.07, 6.45) is 2.44. The predicted molar refractivity (Wildman–Crippen MR) is 56.3 cm³/mol. The van der Waals surface area contributed by atoms with Crippen LogP contribution in [0, 0.1) is 0 Å². The summed E-state index contributed by atoms with van der Waals surface area (Å²) in [5.74, 6) is -0.0525. The zero-order valence-electron chi connectivity index (χ0n) is 8.87. The van der Waals surface area contributed by atoms with E-state index in [2.05, 4.69) is 0 Å². The molecular weight excluding hydrogens is 253 g/mol. The second-order valence-electron chi connectivity index (χ2n) is 4.11. The van der Waals surface area contributed by atoms with Crippen LogP contribution in [-0.2, 0) is 9.84 Å². The van der Waals surface area contributed by atoms with Crippen LogP contribution in [0.15, 0.2) is 29.2 Å². The van der Waals surface area contributed by atoms with E-state index in [4.69, 9.17) is 0 Å². The van der Waals surface area contributed by atoms with Crippen LogP contribution in [0.4, 0.5) is 13.2 Å². The van der Waals surface area contributed by atoms with Gasteiger partial charge in [-0.3, -0.25) is 0 Å². The summed E-state index contributed by atoms with van der Waals surface area (Å²) in [5.41, 5.74) is -4.93. The fourth-order valence-corrected chi connectivity index (χ4v) is 2.96. The van der Waals surface area contributed by atoms with E-state index in [1.807, 2.05) is 0 Å². The van der Waals surface area contributed by atoms with Gasteiger partial charge in [-0.1, -0.05) is 24.6 Å². The normalized spacial score (nSPS) is 17.8. The van der Waals surface area contributed by atoms with Gasteiger partial charge >= 0.3 is 5.51 Å². The molecule has 0 spiro atoms. The molecule has 17 heavy (non-hydrogen) atoms. The lowest BCUT2D eigenvalue weighted by Crippen LogP contribution is -2.25. The van der Waals surface area contributed by atoms with Crippen LogP contribution in [0.3, 0.4) is 0 Å². The molecule has 1 aliphatic carbocycles. The fourth-order valence-electron chi connectivity index (χ4n) is 1.91. The third-order valence-corrected chi connectivity index (χ3v) is 4.62. The highest BCUT2D eigenvalue weighted by Crippen LogP contribution is 2.42. The van der Waals surface area contributed by atoms with Crippen molar-refractivity contribution in [3.63, 3.8) is 0 Å². The minimum Gasteiger partial charge on any atom is -0.214 e. The molecule has 2 nitrogen and oxygen atoms in total. The fraction of sp³-hybridized carbons (Fsp3) is 0.455. The molecule has 0 N–H and O–H groups in total. The first-order valence-corrected chi connectivity index (χ1v) is 6.72. The third-order valence-electron chi connectivity index (χ3n) is 3.06. The van der Waals surface area contributed by atoms with Crippen molar-refractivity contribution in [1.29, 1.82) is 0 Å². The van der Waals surface area contributed by atoms with E-state index < -0.39 is 20.2 Å². The van der Waals surface area contributed by atoms with E-state index in [1.54, 1.807) is 6.07 Å². The van der Waals surface area contributed by atoms with Gasteiger partial charge in [-0.15, -0.1) is 0 Å². The van der Waals surface area contributed by atoms with Crippen molar-refractivity contribution in [2.75, 3.05) is 0 Å². The van der Waals surface area contributed by atoms with Gasteiger partial charge in [0.05, 0.1) is 4.90 Å². The molecule has 0 radical (unpaired) electrons. The van der Waals surface area contributed by atoms with Crippen molar-refractivity contribution in [2.45, 2.75) is 35.6 Å². The minimum absolute atomic E-state index is 0.0525. The Bertz CT molecular complexity index is 516. The molecule has 1 aromatic rings. The minimum atomic E-state index is -5.23. The van der Waals surface area contributed by atoms with Crippen LogP contribution < -0.4 is 0 Å². The molecule has 1 fully saturated rings. The van der Waals surface area contributed by atoms with E-state index in [-0.39, 0.29) is 5.92 Å². The van der Waals surface area contributed by atoms with Gasteiger partial charge in [-0.05, 0) is 30.4 Å². The van der Waals surface area contributed by atoms with E-state index in [1.165, 1.54) is 12.1 Å². The molecule has 0 saturated heterocycles. The molecule has 0 amide bonds. The van der Waals surface area contributed by atoms with Gasteiger partial charge in [0.2, 0.25) is 0 Å². The average molecular weight is 264 g/mol. The number of hydrogen-bond donors (Lipinski definition) is 0. The van der Waals surface area contributed by atoms with Crippen molar-refractivity contribution in [1.82, 2.24) is 0 Å². The molecule has 0 aromatic heterocycles. The summed E-state index contributed by atoms with van der Waals surface area (Å²) in [4.78, 5) is -0.586. The number of halogens is 3. The van der Waals surface area contributed by atoms with Crippen molar-refractivity contribution in [3.05, 3.63) is 29.8 Å². The molecule has 1 aliphatic rings. The summed E-state index contributed by atoms with van der Waals surface area (Å²) >= 11 is 0.